The summed E-state index contributed by atoms with van der Waals surface area (Å²) >= 11 is 0. The molecule has 2 nitrogen and oxygen atoms in total. The highest BCUT2D eigenvalue weighted by Crippen LogP contribution is 2.36. The number of carbonyl (C=O) groups is 2. The number of carbonyl (C=O) groups excluding carboxylic acids is 2. The zero-order valence-corrected chi connectivity index (χ0v) is 8.18. The van der Waals surface area contributed by atoms with Gasteiger partial charge in [0.1, 0.15) is 0 Å². The molecule has 68 valence electrons. The lowest BCUT2D eigenvalue weighted by atomic mass is 9.67. The second-order valence-electron chi connectivity index (χ2n) is 4.55. The van der Waals surface area contributed by atoms with Crippen LogP contribution in [0.15, 0.2) is 0 Å². The summed E-state index contributed by atoms with van der Waals surface area (Å²) in [6.45, 7) is 7.60. The Kier molecular flexibility index (Phi) is 2.11. The SMILES string of the molecule is CC1CC(C)(C)C(=O)C(=O)C1C. The van der Waals surface area contributed by atoms with Crippen molar-refractivity contribution in [2.45, 2.75) is 34.1 Å². The molecule has 2 atom stereocenters. The molecule has 0 aliphatic heterocycles. The van der Waals surface area contributed by atoms with E-state index in [1.807, 2.05) is 27.7 Å². The Morgan fingerprint density at radius 3 is 2.25 bits per heavy atom. The molecule has 1 rings (SSSR count). The first-order valence-corrected chi connectivity index (χ1v) is 4.45. The average Bonchev–Trinajstić information content (AvgIpc) is 1.97. The molecule has 0 aromatic heterocycles. The second kappa shape index (κ2) is 2.68. The summed E-state index contributed by atoms with van der Waals surface area (Å²) in [5.74, 6) is -0.109. The summed E-state index contributed by atoms with van der Waals surface area (Å²) < 4.78 is 0. The molecular formula is C10H16O2. The highest BCUT2D eigenvalue weighted by atomic mass is 16.2. The molecule has 0 bridgehead atoms. The van der Waals surface area contributed by atoms with Crippen molar-refractivity contribution >= 4 is 11.6 Å². The van der Waals surface area contributed by atoms with Crippen LogP contribution in [0, 0.1) is 17.3 Å². The minimum atomic E-state index is -0.428. The van der Waals surface area contributed by atoms with Crippen LogP contribution in [0.5, 0.6) is 0 Å². The van der Waals surface area contributed by atoms with Crippen LogP contribution in [-0.2, 0) is 9.59 Å². The van der Waals surface area contributed by atoms with E-state index in [1.54, 1.807) is 0 Å². The average molecular weight is 168 g/mol. The van der Waals surface area contributed by atoms with Gasteiger partial charge in [-0.15, -0.1) is 0 Å². The van der Waals surface area contributed by atoms with Gasteiger partial charge in [0.2, 0.25) is 11.6 Å². The van der Waals surface area contributed by atoms with Crippen LogP contribution in [0.3, 0.4) is 0 Å². The summed E-state index contributed by atoms with van der Waals surface area (Å²) in [5.41, 5.74) is -0.428. The molecule has 0 aromatic carbocycles. The van der Waals surface area contributed by atoms with E-state index >= 15 is 0 Å². The molecule has 2 unspecified atom stereocenters. The van der Waals surface area contributed by atoms with Gasteiger partial charge in [0.25, 0.3) is 0 Å². The standard InChI is InChI=1S/C10H16O2/c1-6-5-10(3,4)9(12)8(11)7(6)2/h6-7H,5H2,1-4H3. The third kappa shape index (κ3) is 1.30. The molecule has 0 saturated heterocycles. The summed E-state index contributed by atoms with van der Waals surface area (Å²) in [6, 6.07) is 0. The van der Waals surface area contributed by atoms with Gasteiger partial charge in [-0.3, -0.25) is 9.59 Å². The maximum Gasteiger partial charge on any atom is 0.204 e. The van der Waals surface area contributed by atoms with E-state index in [4.69, 9.17) is 0 Å². The molecule has 0 spiro atoms. The van der Waals surface area contributed by atoms with Crippen LogP contribution in [0.4, 0.5) is 0 Å². The highest BCUT2D eigenvalue weighted by Gasteiger charge is 2.43. The van der Waals surface area contributed by atoms with Gasteiger partial charge in [-0.2, -0.15) is 0 Å². The Labute approximate surface area is 73.3 Å². The number of hydrogen-bond donors (Lipinski definition) is 0. The van der Waals surface area contributed by atoms with Gasteiger partial charge < -0.3 is 0 Å². The predicted molar refractivity (Wildman–Crippen MR) is 46.7 cm³/mol. The molecule has 1 saturated carbocycles. The molecule has 1 aliphatic rings. The lowest BCUT2D eigenvalue weighted by Gasteiger charge is -2.34. The van der Waals surface area contributed by atoms with Crippen molar-refractivity contribution in [1.82, 2.24) is 0 Å². The van der Waals surface area contributed by atoms with E-state index in [2.05, 4.69) is 0 Å². The Bertz CT molecular complexity index is 228. The van der Waals surface area contributed by atoms with Crippen molar-refractivity contribution < 1.29 is 9.59 Å². The smallest absolute Gasteiger partial charge is 0.204 e. The Hall–Kier alpha value is -0.660. The van der Waals surface area contributed by atoms with Crippen LogP contribution < -0.4 is 0 Å². The van der Waals surface area contributed by atoms with Crippen LogP contribution in [0.1, 0.15) is 34.1 Å². The zero-order chi connectivity index (χ0) is 9.52. The third-order valence-electron chi connectivity index (χ3n) is 2.94. The first-order valence-electron chi connectivity index (χ1n) is 4.45. The van der Waals surface area contributed by atoms with Gasteiger partial charge >= 0.3 is 0 Å². The molecule has 2 heteroatoms. The normalized spacial score (nSPS) is 35.3. The molecule has 0 N–H and O–H groups in total. The van der Waals surface area contributed by atoms with Crippen molar-refractivity contribution in [3.8, 4) is 0 Å². The molecule has 0 radical (unpaired) electrons. The molecular weight excluding hydrogens is 152 g/mol. The number of ketones is 2. The van der Waals surface area contributed by atoms with Gasteiger partial charge in [-0.05, 0) is 12.3 Å². The molecule has 12 heavy (non-hydrogen) atoms. The predicted octanol–water partition coefficient (Wildman–Crippen LogP) is 1.83. The summed E-state index contributed by atoms with van der Waals surface area (Å²) in [4.78, 5) is 22.9. The van der Waals surface area contributed by atoms with Crippen molar-refractivity contribution in [3.05, 3.63) is 0 Å². The number of rotatable bonds is 0. The molecule has 0 aromatic rings. The quantitative estimate of drug-likeness (QED) is 0.517. The topological polar surface area (TPSA) is 34.1 Å². The van der Waals surface area contributed by atoms with Crippen molar-refractivity contribution in [2.24, 2.45) is 17.3 Å². The lowest BCUT2D eigenvalue weighted by Crippen LogP contribution is -2.43. The van der Waals surface area contributed by atoms with E-state index in [-0.39, 0.29) is 17.5 Å². The largest absolute Gasteiger partial charge is 0.291 e. The maximum absolute atomic E-state index is 11.5. The van der Waals surface area contributed by atoms with Gasteiger partial charge in [0, 0.05) is 11.3 Å². The first kappa shape index (κ1) is 9.43. The summed E-state index contributed by atoms with van der Waals surface area (Å²) in [6.07, 6.45) is 0.832. The van der Waals surface area contributed by atoms with E-state index in [9.17, 15) is 9.59 Å². The molecule has 1 fully saturated rings. The minimum Gasteiger partial charge on any atom is -0.291 e. The van der Waals surface area contributed by atoms with Crippen molar-refractivity contribution in [3.63, 3.8) is 0 Å². The fourth-order valence-corrected chi connectivity index (χ4v) is 1.87. The van der Waals surface area contributed by atoms with Crippen LogP contribution in [0.25, 0.3) is 0 Å². The van der Waals surface area contributed by atoms with Crippen LogP contribution >= 0.6 is 0 Å². The Morgan fingerprint density at radius 2 is 1.75 bits per heavy atom. The van der Waals surface area contributed by atoms with Crippen molar-refractivity contribution in [2.75, 3.05) is 0 Å². The molecule has 1 aliphatic carbocycles. The zero-order valence-electron chi connectivity index (χ0n) is 8.18. The van der Waals surface area contributed by atoms with Crippen LogP contribution in [-0.4, -0.2) is 11.6 Å². The number of Topliss-reactive ketones (excluding diaryl/α,β-unsaturated/α-hetero) is 2. The fourth-order valence-electron chi connectivity index (χ4n) is 1.87. The Morgan fingerprint density at radius 1 is 1.25 bits per heavy atom. The third-order valence-corrected chi connectivity index (χ3v) is 2.94. The minimum absolute atomic E-state index is 0.0782. The van der Waals surface area contributed by atoms with E-state index in [0.717, 1.165) is 6.42 Å². The van der Waals surface area contributed by atoms with E-state index in [0.29, 0.717) is 5.92 Å². The Balaban J connectivity index is 2.93. The second-order valence-corrected chi connectivity index (χ2v) is 4.55. The van der Waals surface area contributed by atoms with Gasteiger partial charge in [0.05, 0.1) is 0 Å². The lowest BCUT2D eigenvalue weighted by molar-refractivity contribution is -0.148. The molecule has 0 heterocycles. The summed E-state index contributed by atoms with van der Waals surface area (Å²) in [5, 5.41) is 0. The fraction of sp³-hybridized carbons (Fsp3) is 0.800. The summed E-state index contributed by atoms with van der Waals surface area (Å²) in [7, 11) is 0. The van der Waals surface area contributed by atoms with Gasteiger partial charge in [-0.25, -0.2) is 0 Å². The maximum atomic E-state index is 11.5. The van der Waals surface area contributed by atoms with E-state index in [1.165, 1.54) is 0 Å². The first-order chi connectivity index (χ1) is 5.36. The van der Waals surface area contributed by atoms with E-state index < -0.39 is 5.41 Å². The van der Waals surface area contributed by atoms with Gasteiger partial charge in [0.15, 0.2) is 0 Å². The monoisotopic (exact) mass is 168 g/mol. The van der Waals surface area contributed by atoms with Gasteiger partial charge in [-0.1, -0.05) is 27.7 Å². The highest BCUT2D eigenvalue weighted by molar-refractivity contribution is 6.40. The molecule has 0 amide bonds. The van der Waals surface area contributed by atoms with Crippen molar-refractivity contribution in [1.29, 1.82) is 0 Å². The number of hydrogen-bond acceptors (Lipinski definition) is 2. The van der Waals surface area contributed by atoms with Crippen LogP contribution in [0.2, 0.25) is 0 Å².